The molecule has 2 rings (SSSR count). The number of thiazole rings is 1. The second kappa shape index (κ2) is 8.64. The van der Waals surface area contributed by atoms with Crippen molar-refractivity contribution in [2.24, 2.45) is 4.99 Å². The molecular formula is C17H31N5S. The molecule has 23 heavy (non-hydrogen) atoms. The highest BCUT2D eigenvalue weighted by Crippen LogP contribution is 2.19. The predicted octanol–water partition coefficient (Wildman–Crippen LogP) is 2.69. The zero-order valence-electron chi connectivity index (χ0n) is 15.1. The van der Waals surface area contributed by atoms with E-state index in [0.29, 0.717) is 12.1 Å². The molecule has 1 saturated heterocycles. The van der Waals surface area contributed by atoms with Gasteiger partial charge in [-0.25, -0.2) is 4.98 Å². The van der Waals surface area contributed by atoms with Gasteiger partial charge in [-0.3, -0.25) is 9.89 Å². The summed E-state index contributed by atoms with van der Waals surface area (Å²) in [5.74, 6) is 0.868. The van der Waals surface area contributed by atoms with E-state index in [-0.39, 0.29) is 0 Å². The number of nitrogens with zero attached hydrogens (tertiary/aromatic N) is 3. The van der Waals surface area contributed by atoms with Crippen molar-refractivity contribution in [3.63, 3.8) is 0 Å². The molecule has 130 valence electrons. The summed E-state index contributed by atoms with van der Waals surface area (Å²) in [4.78, 5) is 12.7. The number of aromatic nitrogens is 1. The van der Waals surface area contributed by atoms with Crippen LogP contribution in [0.15, 0.2) is 4.99 Å². The Balaban J connectivity index is 1.79. The Morgan fingerprint density at radius 3 is 2.78 bits per heavy atom. The molecule has 1 aromatic rings. The minimum absolute atomic E-state index is 0.524. The Morgan fingerprint density at radius 1 is 1.39 bits per heavy atom. The summed E-state index contributed by atoms with van der Waals surface area (Å²) in [6, 6.07) is 1.22. The van der Waals surface area contributed by atoms with Crippen LogP contribution in [0.4, 0.5) is 0 Å². The third-order valence-electron chi connectivity index (χ3n) is 4.63. The average molecular weight is 338 g/mol. The number of piperidine rings is 1. The van der Waals surface area contributed by atoms with Crippen molar-refractivity contribution >= 4 is 17.3 Å². The third-order valence-corrected chi connectivity index (χ3v) is 5.70. The lowest BCUT2D eigenvalue weighted by Gasteiger charge is -2.38. The van der Waals surface area contributed by atoms with E-state index in [2.05, 4.69) is 53.2 Å². The first-order valence-electron chi connectivity index (χ1n) is 8.64. The van der Waals surface area contributed by atoms with Gasteiger partial charge in [-0.05, 0) is 47.1 Å². The molecule has 2 unspecified atom stereocenters. The molecular weight excluding hydrogens is 306 g/mol. The van der Waals surface area contributed by atoms with Gasteiger partial charge in [-0.1, -0.05) is 6.42 Å². The maximum Gasteiger partial charge on any atom is 0.191 e. The monoisotopic (exact) mass is 337 g/mol. The summed E-state index contributed by atoms with van der Waals surface area (Å²) >= 11 is 1.75. The average Bonchev–Trinajstić information content (AvgIpc) is 2.85. The van der Waals surface area contributed by atoms with Gasteiger partial charge in [-0.15, -0.1) is 11.3 Å². The molecule has 1 aromatic heterocycles. The Kier molecular flexibility index (Phi) is 6.84. The summed E-state index contributed by atoms with van der Waals surface area (Å²) in [6.07, 6.45) is 4.02. The highest BCUT2D eigenvalue weighted by Gasteiger charge is 2.22. The minimum atomic E-state index is 0.524. The second-order valence-electron chi connectivity index (χ2n) is 6.48. The zero-order chi connectivity index (χ0) is 16.8. The fourth-order valence-electron chi connectivity index (χ4n) is 3.26. The summed E-state index contributed by atoms with van der Waals surface area (Å²) in [7, 11) is 1.83. The van der Waals surface area contributed by atoms with Crippen LogP contribution in [-0.2, 0) is 6.54 Å². The van der Waals surface area contributed by atoms with Crippen molar-refractivity contribution < 1.29 is 0 Å². The molecule has 0 amide bonds. The first-order valence-corrected chi connectivity index (χ1v) is 9.46. The highest BCUT2D eigenvalue weighted by atomic mass is 32.1. The molecule has 0 bridgehead atoms. The number of aryl methyl sites for hydroxylation is 2. The van der Waals surface area contributed by atoms with E-state index in [4.69, 9.17) is 0 Å². The topological polar surface area (TPSA) is 52.6 Å². The summed E-state index contributed by atoms with van der Waals surface area (Å²) in [6.45, 7) is 11.7. The van der Waals surface area contributed by atoms with E-state index in [1.54, 1.807) is 11.3 Å². The van der Waals surface area contributed by atoms with Gasteiger partial charge < -0.3 is 10.6 Å². The first-order chi connectivity index (χ1) is 11.0. The van der Waals surface area contributed by atoms with Crippen LogP contribution in [0.2, 0.25) is 0 Å². The number of guanidine groups is 1. The summed E-state index contributed by atoms with van der Waals surface area (Å²) in [5.41, 5.74) is 1.12. The van der Waals surface area contributed by atoms with Crippen LogP contribution in [0.1, 0.15) is 48.7 Å². The molecule has 6 heteroatoms. The lowest BCUT2D eigenvalue weighted by atomic mass is 10.0. The number of hydrogen-bond acceptors (Lipinski definition) is 4. The number of rotatable bonds is 5. The highest BCUT2D eigenvalue weighted by molar-refractivity contribution is 7.11. The Morgan fingerprint density at radius 2 is 2.17 bits per heavy atom. The first kappa shape index (κ1) is 18.2. The largest absolute Gasteiger partial charge is 0.355 e. The number of aliphatic imine (C=N–C) groups is 1. The molecule has 0 aliphatic carbocycles. The van der Waals surface area contributed by atoms with E-state index in [1.807, 2.05) is 7.05 Å². The van der Waals surface area contributed by atoms with Crippen molar-refractivity contribution in [1.29, 1.82) is 0 Å². The van der Waals surface area contributed by atoms with Crippen molar-refractivity contribution in [3.8, 4) is 0 Å². The normalized spacial score (nSPS) is 21.3. The van der Waals surface area contributed by atoms with Gasteiger partial charge in [0.25, 0.3) is 0 Å². The van der Waals surface area contributed by atoms with Crippen LogP contribution in [0, 0.1) is 13.8 Å². The van der Waals surface area contributed by atoms with E-state index >= 15 is 0 Å². The Hall–Kier alpha value is -1.14. The molecule has 2 atom stereocenters. The van der Waals surface area contributed by atoms with Crippen LogP contribution in [0.3, 0.4) is 0 Å². The standard InChI is InChI=1S/C17H31N5S/c1-12-8-6-7-9-22(12)13(2)10-19-17(18-5)20-11-16-14(3)21-15(4)23-16/h12-13H,6-11H2,1-5H3,(H2,18,19,20). The van der Waals surface area contributed by atoms with E-state index in [0.717, 1.165) is 29.8 Å². The molecule has 0 saturated carbocycles. The number of nitrogens with one attached hydrogen (secondary N) is 2. The van der Waals surface area contributed by atoms with Gasteiger partial charge >= 0.3 is 0 Å². The van der Waals surface area contributed by atoms with Crippen LogP contribution in [0.5, 0.6) is 0 Å². The smallest absolute Gasteiger partial charge is 0.191 e. The molecule has 0 spiro atoms. The van der Waals surface area contributed by atoms with Crippen LogP contribution >= 0.6 is 11.3 Å². The fourth-order valence-corrected chi connectivity index (χ4v) is 4.14. The Labute approximate surface area is 144 Å². The lowest BCUT2D eigenvalue weighted by Crippen LogP contribution is -2.50. The van der Waals surface area contributed by atoms with Crippen molar-refractivity contribution in [1.82, 2.24) is 20.5 Å². The summed E-state index contributed by atoms with van der Waals surface area (Å²) < 4.78 is 0. The van der Waals surface area contributed by atoms with Crippen LogP contribution in [0.25, 0.3) is 0 Å². The second-order valence-corrected chi connectivity index (χ2v) is 7.77. The quantitative estimate of drug-likeness (QED) is 0.641. The van der Waals surface area contributed by atoms with Crippen molar-refractivity contribution in [2.45, 2.75) is 65.6 Å². The molecule has 0 radical (unpaired) electrons. The molecule has 1 fully saturated rings. The SMILES string of the molecule is CN=C(NCc1sc(C)nc1C)NCC(C)N1CCCCC1C. The third kappa shape index (κ3) is 5.18. The zero-order valence-corrected chi connectivity index (χ0v) is 16.0. The predicted molar refractivity (Wildman–Crippen MR) is 99.3 cm³/mol. The van der Waals surface area contributed by atoms with Crippen LogP contribution < -0.4 is 10.6 Å². The van der Waals surface area contributed by atoms with E-state index in [9.17, 15) is 0 Å². The maximum absolute atomic E-state index is 4.47. The van der Waals surface area contributed by atoms with Crippen LogP contribution in [-0.4, -0.2) is 48.1 Å². The van der Waals surface area contributed by atoms with E-state index in [1.165, 1.54) is 30.7 Å². The Bertz CT molecular complexity index is 525. The van der Waals surface area contributed by atoms with Gasteiger partial charge in [0.05, 0.1) is 17.2 Å². The molecule has 2 N–H and O–H groups in total. The van der Waals surface area contributed by atoms with Gasteiger partial charge in [0.1, 0.15) is 0 Å². The molecule has 1 aliphatic rings. The molecule has 1 aliphatic heterocycles. The number of hydrogen-bond donors (Lipinski definition) is 2. The van der Waals surface area contributed by atoms with Gasteiger partial charge in [0.2, 0.25) is 0 Å². The maximum atomic E-state index is 4.47. The molecule has 5 nitrogen and oxygen atoms in total. The van der Waals surface area contributed by atoms with Crippen molar-refractivity contribution in [3.05, 3.63) is 15.6 Å². The summed E-state index contributed by atoms with van der Waals surface area (Å²) in [5, 5.41) is 7.99. The van der Waals surface area contributed by atoms with Crippen molar-refractivity contribution in [2.75, 3.05) is 20.1 Å². The van der Waals surface area contributed by atoms with Gasteiger partial charge in [0.15, 0.2) is 5.96 Å². The van der Waals surface area contributed by atoms with Gasteiger partial charge in [0, 0.05) is 30.6 Å². The number of likely N-dealkylation sites (tertiary alicyclic amines) is 1. The molecule has 2 heterocycles. The molecule has 0 aromatic carbocycles. The van der Waals surface area contributed by atoms with Gasteiger partial charge in [-0.2, -0.15) is 0 Å². The lowest BCUT2D eigenvalue weighted by molar-refractivity contribution is 0.115. The van der Waals surface area contributed by atoms with E-state index < -0.39 is 0 Å². The fraction of sp³-hybridized carbons (Fsp3) is 0.765. The minimum Gasteiger partial charge on any atom is -0.355 e.